The molecule has 138 valence electrons. The van der Waals surface area contributed by atoms with E-state index in [4.69, 9.17) is 0 Å². The number of carbonyl (C=O) groups is 1. The van der Waals surface area contributed by atoms with E-state index < -0.39 is 9.80 Å². The van der Waals surface area contributed by atoms with Gasteiger partial charge in [0.1, 0.15) is 0 Å². The molecule has 2 aromatic rings. The molecule has 13 heteroatoms. The lowest BCUT2D eigenvalue weighted by atomic mass is 10.3. The Morgan fingerprint density at radius 2 is 2.00 bits per heavy atom. The minimum absolute atomic E-state index is 0.1000. The Morgan fingerprint density at radius 3 is 2.68 bits per heavy atom. The van der Waals surface area contributed by atoms with Crippen molar-refractivity contribution in [3.63, 3.8) is 0 Å². The number of rotatable bonds is 8. The van der Waals surface area contributed by atoms with Gasteiger partial charge in [-0.3, -0.25) is 14.6 Å². The van der Waals surface area contributed by atoms with Crippen molar-refractivity contribution >= 4 is 5.91 Å². The van der Waals surface area contributed by atoms with E-state index in [1.165, 1.54) is 21.8 Å². The third-order valence-electron chi connectivity index (χ3n) is 3.35. The molecular formula is C12H18N8O5-2. The molecule has 0 aliphatic carbocycles. The van der Waals surface area contributed by atoms with Gasteiger partial charge >= 0.3 is 11.2 Å². The predicted octanol–water partition coefficient (Wildman–Crippen LogP) is -2.14. The van der Waals surface area contributed by atoms with Crippen LogP contribution in [0.2, 0.25) is 0 Å². The van der Waals surface area contributed by atoms with E-state index in [0.29, 0.717) is 32.5 Å². The van der Waals surface area contributed by atoms with Crippen molar-refractivity contribution in [2.75, 3.05) is 6.54 Å². The maximum atomic E-state index is 11.7. The van der Waals surface area contributed by atoms with Gasteiger partial charge in [-0.2, -0.15) is 5.10 Å². The standard InChI is InChI=1S/C12H18N8O5/c21-10(3-1-7-18-9-15-11(16-18)19(22)23)13-4-2-6-17-8-5-14-12(17)20(24)25/h5,8-9,14,16H,1-4,6-7H2,(H-2,13,21,22,23,24,25)/q-2. The van der Waals surface area contributed by atoms with Crippen molar-refractivity contribution < 1.29 is 4.79 Å². The summed E-state index contributed by atoms with van der Waals surface area (Å²) in [6.45, 7) is 1.21. The molecule has 0 saturated heterocycles. The van der Waals surface area contributed by atoms with Gasteiger partial charge in [0, 0.05) is 13.0 Å². The molecule has 0 fully saturated rings. The fourth-order valence-corrected chi connectivity index (χ4v) is 2.18. The largest absolute Gasteiger partial charge is 0.744 e. The molecule has 1 amide bonds. The monoisotopic (exact) mass is 354 g/mol. The molecule has 0 aromatic carbocycles. The molecule has 2 aromatic heterocycles. The minimum atomic E-state index is -0.629. The normalized spacial score (nSPS) is 10.6. The second kappa shape index (κ2) is 8.47. The molecule has 0 unspecified atom stereocenters. The number of aromatic nitrogens is 5. The fourth-order valence-electron chi connectivity index (χ4n) is 2.18. The molecule has 0 atom stereocenters. The van der Waals surface area contributed by atoms with Crippen LogP contribution in [-0.2, 0) is 17.9 Å². The Bertz CT molecular complexity index is 821. The Hall–Kier alpha value is -3.38. The van der Waals surface area contributed by atoms with Gasteiger partial charge in [0.2, 0.25) is 12.2 Å². The Kier molecular flexibility index (Phi) is 6.08. The molecule has 13 nitrogen and oxygen atoms in total. The number of hydrogen-bond donors (Lipinski definition) is 3. The molecule has 0 aliphatic rings. The Morgan fingerprint density at radius 1 is 1.20 bits per heavy atom. The van der Waals surface area contributed by atoms with Gasteiger partial charge in [-0.15, -0.1) is 0 Å². The van der Waals surface area contributed by atoms with Crippen LogP contribution in [0.1, 0.15) is 19.3 Å². The van der Waals surface area contributed by atoms with Gasteiger partial charge in [0.05, 0.1) is 25.5 Å². The number of hydrogen-bond acceptors (Lipinski definition) is 6. The zero-order valence-corrected chi connectivity index (χ0v) is 13.3. The third kappa shape index (κ3) is 5.33. The molecular weight excluding hydrogens is 336 g/mol. The number of amides is 1. The summed E-state index contributed by atoms with van der Waals surface area (Å²) < 4.78 is 2.90. The summed E-state index contributed by atoms with van der Waals surface area (Å²) in [7, 11) is 0. The third-order valence-corrected chi connectivity index (χ3v) is 3.35. The Balaban J connectivity index is 1.65. The maximum Gasteiger partial charge on any atom is 0.411 e. The summed E-state index contributed by atoms with van der Waals surface area (Å²) in [5.74, 6) is -0.150. The first-order valence-electron chi connectivity index (χ1n) is 7.54. The highest BCUT2D eigenvalue weighted by Gasteiger charge is 2.05. The smallest absolute Gasteiger partial charge is 0.411 e. The van der Waals surface area contributed by atoms with Crippen LogP contribution in [0, 0.1) is 20.8 Å². The summed E-state index contributed by atoms with van der Waals surface area (Å²) in [5.41, 5.74) is -0.446. The summed E-state index contributed by atoms with van der Waals surface area (Å²) in [6.07, 6.45) is 5.66. The van der Waals surface area contributed by atoms with Crippen LogP contribution in [-0.4, -0.2) is 36.8 Å². The molecule has 2 heterocycles. The van der Waals surface area contributed by atoms with Gasteiger partial charge in [-0.05, 0) is 12.8 Å². The lowest BCUT2D eigenvalue weighted by Gasteiger charge is -2.12. The van der Waals surface area contributed by atoms with Crippen molar-refractivity contribution in [1.29, 1.82) is 0 Å². The summed E-state index contributed by atoms with van der Waals surface area (Å²) in [5, 5.41) is 47.6. The topological polar surface area (TPSA) is 182 Å². The average molecular weight is 354 g/mol. The molecule has 2 rings (SSSR count). The average Bonchev–Trinajstić information content (AvgIpc) is 3.20. The van der Waals surface area contributed by atoms with Crippen LogP contribution < -0.4 is 26.4 Å². The Labute approximate surface area is 140 Å². The number of H-pyrrole nitrogens is 2. The number of imidazole rings is 1. The summed E-state index contributed by atoms with van der Waals surface area (Å²) >= 11 is 0. The van der Waals surface area contributed by atoms with Crippen LogP contribution in [0.3, 0.4) is 0 Å². The van der Waals surface area contributed by atoms with E-state index in [-0.39, 0.29) is 23.6 Å². The number of aryl methyl sites for hydroxylation is 2. The van der Waals surface area contributed by atoms with E-state index in [9.17, 15) is 25.6 Å². The molecule has 0 radical (unpaired) electrons. The predicted molar refractivity (Wildman–Crippen MR) is 86.2 cm³/mol. The summed E-state index contributed by atoms with van der Waals surface area (Å²) in [6, 6.07) is 0. The quantitative estimate of drug-likeness (QED) is 0.359. The molecule has 25 heavy (non-hydrogen) atoms. The molecule has 0 bridgehead atoms. The number of nitrogens with one attached hydrogen (secondary N) is 3. The molecule has 0 saturated carbocycles. The van der Waals surface area contributed by atoms with E-state index in [0.717, 1.165) is 0 Å². The van der Waals surface area contributed by atoms with Crippen molar-refractivity contribution in [1.82, 2.24) is 39.4 Å². The SMILES string of the molecule is O=C(CCCn1cnc(=[N+]([O-])[O-])[nH]1)NCCCn1cc[nH]c1=[N+]([O-])[O-]. The second-order valence-corrected chi connectivity index (χ2v) is 5.17. The molecule has 0 spiro atoms. The lowest BCUT2D eigenvalue weighted by molar-refractivity contribution is -0.121. The van der Waals surface area contributed by atoms with Crippen molar-refractivity contribution in [2.45, 2.75) is 32.4 Å². The number of aromatic amines is 2. The van der Waals surface area contributed by atoms with Gasteiger partial charge in [0.25, 0.3) is 0 Å². The van der Waals surface area contributed by atoms with Gasteiger partial charge < -0.3 is 26.1 Å². The van der Waals surface area contributed by atoms with Gasteiger partial charge in [-0.1, -0.05) is 4.98 Å². The number of nitrogens with zero attached hydrogens (tertiary/aromatic N) is 5. The zero-order valence-electron chi connectivity index (χ0n) is 13.3. The lowest BCUT2D eigenvalue weighted by Crippen LogP contribution is -2.31. The first kappa shape index (κ1) is 18.0. The van der Waals surface area contributed by atoms with Gasteiger partial charge in [-0.25, -0.2) is 14.2 Å². The zero-order chi connectivity index (χ0) is 18.2. The van der Waals surface area contributed by atoms with Crippen LogP contribution in [0.25, 0.3) is 0 Å². The molecule has 0 aliphatic heterocycles. The first-order valence-corrected chi connectivity index (χ1v) is 7.54. The highest BCUT2D eigenvalue weighted by molar-refractivity contribution is 5.75. The van der Waals surface area contributed by atoms with Crippen LogP contribution in [0.15, 0.2) is 18.7 Å². The minimum Gasteiger partial charge on any atom is -0.744 e. The summed E-state index contributed by atoms with van der Waals surface area (Å²) in [4.78, 5) is 16.7. The van der Waals surface area contributed by atoms with Crippen LogP contribution in [0.5, 0.6) is 0 Å². The fraction of sp³-hybridized carbons (Fsp3) is 0.500. The van der Waals surface area contributed by atoms with E-state index in [1.54, 1.807) is 6.20 Å². The highest BCUT2D eigenvalue weighted by Crippen LogP contribution is 1.93. The van der Waals surface area contributed by atoms with Crippen LogP contribution >= 0.6 is 0 Å². The van der Waals surface area contributed by atoms with Crippen molar-refractivity contribution in [3.05, 3.63) is 50.8 Å². The maximum absolute atomic E-state index is 11.7. The van der Waals surface area contributed by atoms with Crippen molar-refractivity contribution in [3.8, 4) is 0 Å². The highest BCUT2D eigenvalue weighted by atomic mass is 16.8. The van der Waals surface area contributed by atoms with Gasteiger partial charge in [0.15, 0.2) is 0 Å². The number of carbonyl (C=O) groups excluding carboxylic acids is 1. The first-order chi connectivity index (χ1) is 12.0. The van der Waals surface area contributed by atoms with E-state index >= 15 is 0 Å². The second-order valence-electron chi connectivity index (χ2n) is 5.17. The van der Waals surface area contributed by atoms with Crippen molar-refractivity contribution in [2.24, 2.45) is 0 Å². The van der Waals surface area contributed by atoms with E-state index in [2.05, 4.69) is 20.4 Å². The van der Waals surface area contributed by atoms with E-state index in [1.807, 2.05) is 0 Å². The van der Waals surface area contributed by atoms with Crippen LogP contribution in [0.4, 0.5) is 0 Å². The molecule has 3 N–H and O–H groups in total.